The van der Waals surface area contributed by atoms with E-state index in [0.29, 0.717) is 6.04 Å². The summed E-state index contributed by atoms with van der Waals surface area (Å²) in [4.78, 5) is 4.72. The summed E-state index contributed by atoms with van der Waals surface area (Å²) >= 11 is 1.74. The second kappa shape index (κ2) is 6.06. The van der Waals surface area contributed by atoms with Gasteiger partial charge >= 0.3 is 0 Å². The van der Waals surface area contributed by atoms with E-state index in [1.54, 1.807) is 11.3 Å². The van der Waals surface area contributed by atoms with Crippen molar-refractivity contribution in [3.05, 3.63) is 51.5 Å². The average Bonchev–Trinajstić information content (AvgIpc) is 2.85. The molecule has 3 heteroatoms. The quantitative estimate of drug-likeness (QED) is 0.889. The van der Waals surface area contributed by atoms with Crippen LogP contribution in [0.4, 0.5) is 0 Å². The first-order valence-electron chi connectivity index (χ1n) is 7.11. The fourth-order valence-electron chi connectivity index (χ4n) is 1.95. The first-order valence-corrected chi connectivity index (χ1v) is 7.99. The Morgan fingerprint density at radius 2 is 1.85 bits per heavy atom. The van der Waals surface area contributed by atoms with Crippen LogP contribution >= 0.6 is 11.3 Å². The molecular weight excluding hydrogens is 264 g/mol. The van der Waals surface area contributed by atoms with Gasteiger partial charge in [0.15, 0.2) is 0 Å². The zero-order valence-corrected chi connectivity index (χ0v) is 13.8. The summed E-state index contributed by atoms with van der Waals surface area (Å²) in [7, 11) is 0. The molecule has 0 radical (unpaired) electrons. The number of nitrogens with one attached hydrogen (secondary N) is 1. The van der Waals surface area contributed by atoms with E-state index in [2.05, 4.69) is 69.6 Å². The normalized spacial score (nSPS) is 13.4. The molecule has 108 valence electrons. The maximum absolute atomic E-state index is 4.72. The van der Waals surface area contributed by atoms with Crippen LogP contribution in [0.2, 0.25) is 0 Å². The van der Waals surface area contributed by atoms with Crippen LogP contribution in [0.25, 0.3) is 0 Å². The number of hydrogen-bond donors (Lipinski definition) is 1. The van der Waals surface area contributed by atoms with Gasteiger partial charge in [-0.3, -0.25) is 0 Å². The molecule has 0 saturated carbocycles. The molecule has 0 spiro atoms. The van der Waals surface area contributed by atoms with Crippen LogP contribution in [0.15, 0.2) is 29.6 Å². The monoisotopic (exact) mass is 288 g/mol. The fraction of sp³-hybridized carbons (Fsp3) is 0.471. The minimum atomic E-state index is 0.136. The standard InChI is InChI=1S/C17H24N2S/c1-12-6-8-14(9-7-12)13(2)18-10-16-19-15(11-20-16)17(3,4)5/h6-9,11,13,18H,10H2,1-5H3. The van der Waals surface area contributed by atoms with Gasteiger partial charge in [-0.1, -0.05) is 50.6 Å². The molecule has 1 aromatic carbocycles. The molecule has 1 aromatic heterocycles. The van der Waals surface area contributed by atoms with Crippen molar-refractivity contribution in [3.63, 3.8) is 0 Å². The van der Waals surface area contributed by atoms with E-state index in [0.717, 1.165) is 11.6 Å². The summed E-state index contributed by atoms with van der Waals surface area (Å²) in [5.41, 5.74) is 3.94. The average molecular weight is 288 g/mol. The summed E-state index contributed by atoms with van der Waals surface area (Å²) in [6.45, 7) is 11.8. The molecule has 1 heterocycles. The predicted octanol–water partition coefficient (Wildman–Crippen LogP) is 4.60. The van der Waals surface area contributed by atoms with Gasteiger partial charge in [0.05, 0.1) is 5.69 Å². The van der Waals surface area contributed by atoms with Gasteiger partial charge in [-0.15, -0.1) is 11.3 Å². The highest BCUT2D eigenvalue weighted by Crippen LogP contribution is 2.24. The van der Waals surface area contributed by atoms with Crippen molar-refractivity contribution in [1.29, 1.82) is 0 Å². The molecule has 2 aromatic rings. The van der Waals surface area contributed by atoms with Gasteiger partial charge in [-0.2, -0.15) is 0 Å². The van der Waals surface area contributed by atoms with Gasteiger partial charge in [-0.05, 0) is 19.4 Å². The second-order valence-corrected chi connectivity index (χ2v) is 7.33. The van der Waals surface area contributed by atoms with Crippen molar-refractivity contribution in [3.8, 4) is 0 Å². The van der Waals surface area contributed by atoms with Crippen molar-refractivity contribution in [2.75, 3.05) is 0 Å². The van der Waals surface area contributed by atoms with Gasteiger partial charge in [0.25, 0.3) is 0 Å². The summed E-state index contributed by atoms with van der Waals surface area (Å²) in [5.74, 6) is 0. The van der Waals surface area contributed by atoms with Crippen LogP contribution in [0.5, 0.6) is 0 Å². The lowest BCUT2D eigenvalue weighted by Crippen LogP contribution is -2.18. The molecule has 2 nitrogen and oxygen atoms in total. The maximum atomic E-state index is 4.72. The number of nitrogens with zero attached hydrogens (tertiary/aromatic N) is 1. The minimum absolute atomic E-state index is 0.136. The zero-order valence-electron chi connectivity index (χ0n) is 13.0. The van der Waals surface area contributed by atoms with E-state index in [4.69, 9.17) is 4.98 Å². The Bertz CT molecular complexity index is 549. The van der Waals surface area contributed by atoms with Gasteiger partial charge in [0, 0.05) is 23.4 Å². The number of benzene rings is 1. The third kappa shape index (κ3) is 3.90. The Labute approximate surface area is 126 Å². The van der Waals surface area contributed by atoms with Crippen molar-refractivity contribution in [1.82, 2.24) is 10.3 Å². The lowest BCUT2D eigenvalue weighted by molar-refractivity contribution is 0.554. The molecule has 0 bridgehead atoms. The van der Waals surface area contributed by atoms with Gasteiger partial charge in [0.1, 0.15) is 5.01 Å². The topological polar surface area (TPSA) is 24.9 Å². The molecule has 0 aliphatic carbocycles. The van der Waals surface area contributed by atoms with Gasteiger partial charge in [0.2, 0.25) is 0 Å². The van der Waals surface area contributed by atoms with Crippen molar-refractivity contribution in [2.24, 2.45) is 0 Å². The van der Waals surface area contributed by atoms with Crippen molar-refractivity contribution >= 4 is 11.3 Å². The fourth-order valence-corrected chi connectivity index (χ4v) is 2.92. The highest BCUT2D eigenvalue weighted by molar-refractivity contribution is 7.09. The van der Waals surface area contributed by atoms with E-state index in [-0.39, 0.29) is 5.41 Å². The van der Waals surface area contributed by atoms with E-state index in [1.807, 2.05) is 0 Å². The highest BCUT2D eigenvalue weighted by atomic mass is 32.1. The number of thiazole rings is 1. The highest BCUT2D eigenvalue weighted by Gasteiger charge is 2.17. The van der Waals surface area contributed by atoms with E-state index in [9.17, 15) is 0 Å². The lowest BCUT2D eigenvalue weighted by atomic mass is 9.93. The summed E-state index contributed by atoms with van der Waals surface area (Å²) in [6, 6.07) is 9.05. The first kappa shape index (κ1) is 15.2. The smallest absolute Gasteiger partial charge is 0.107 e. The molecule has 0 fully saturated rings. The number of hydrogen-bond acceptors (Lipinski definition) is 3. The first-order chi connectivity index (χ1) is 9.36. The van der Waals surface area contributed by atoms with E-state index >= 15 is 0 Å². The van der Waals surface area contributed by atoms with Gasteiger partial charge in [-0.25, -0.2) is 4.98 Å². The van der Waals surface area contributed by atoms with Crippen LogP contribution < -0.4 is 5.32 Å². The van der Waals surface area contributed by atoms with Gasteiger partial charge < -0.3 is 5.32 Å². The third-order valence-electron chi connectivity index (χ3n) is 3.46. The summed E-state index contributed by atoms with van der Waals surface area (Å²) in [6.07, 6.45) is 0. The summed E-state index contributed by atoms with van der Waals surface area (Å²) in [5, 5.41) is 6.88. The van der Waals surface area contributed by atoms with Crippen molar-refractivity contribution in [2.45, 2.75) is 52.6 Å². The number of aryl methyl sites for hydroxylation is 1. The summed E-state index contributed by atoms with van der Waals surface area (Å²) < 4.78 is 0. The SMILES string of the molecule is Cc1ccc(C(C)NCc2nc(C(C)(C)C)cs2)cc1. The molecule has 1 unspecified atom stereocenters. The Balaban J connectivity index is 1.95. The van der Waals surface area contributed by atoms with Crippen LogP contribution in [0, 0.1) is 6.92 Å². The number of rotatable bonds is 4. The molecule has 20 heavy (non-hydrogen) atoms. The molecule has 1 N–H and O–H groups in total. The van der Waals surface area contributed by atoms with Crippen molar-refractivity contribution < 1.29 is 0 Å². The number of aromatic nitrogens is 1. The van der Waals surface area contributed by atoms with Crippen LogP contribution in [-0.4, -0.2) is 4.98 Å². The Morgan fingerprint density at radius 3 is 2.40 bits per heavy atom. The Morgan fingerprint density at radius 1 is 1.20 bits per heavy atom. The molecule has 1 atom stereocenters. The maximum Gasteiger partial charge on any atom is 0.107 e. The van der Waals surface area contributed by atoms with Crippen LogP contribution in [-0.2, 0) is 12.0 Å². The molecule has 0 aliphatic rings. The van der Waals surface area contributed by atoms with Crippen LogP contribution in [0.1, 0.15) is 55.6 Å². The zero-order chi connectivity index (χ0) is 14.8. The Kier molecular flexibility index (Phi) is 4.61. The minimum Gasteiger partial charge on any atom is -0.304 e. The predicted molar refractivity (Wildman–Crippen MR) is 87.2 cm³/mol. The molecule has 0 saturated heterocycles. The molecule has 2 rings (SSSR count). The van der Waals surface area contributed by atoms with E-state index < -0.39 is 0 Å². The molecule has 0 aliphatic heterocycles. The molecular formula is C17H24N2S. The second-order valence-electron chi connectivity index (χ2n) is 6.39. The van der Waals surface area contributed by atoms with Crippen LogP contribution in [0.3, 0.4) is 0 Å². The molecule has 0 amide bonds. The largest absolute Gasteiger partial charge is 0.304 e. The van der Waals surface area contributed by atoms with E-state index in [1.165, 1.54) is 16.8 Å². The lowest BCUT2D eigenvalue weighted by Gasteiger charge is -2.15. The Hall–Kier alpha value is -1.19. The third-order valence-corrected chi connectivity index (χ3v) is 4.31.